The second-order valence-corrected chi connectivity index (χ2v) is 11.9. The van der Waals surface area contributed by atoms with Gasteiger partial charge in [0.05, 0.1) is 11.7 Å². The summed E-state index contributed by atoms with van der Waals surface area (Å²) in [5.41, 5.74) is 4.52. The number of rotatable bonds is 5. The maximum atomic E-state index is 10.1. The molecule has 168 valence electrons. The maximum Gasteiger partial charge on any atom is 0.0591 e. The first-order valence-electron chi connectivity index (χ1n) is 12.7. The maximum absolute atomic E-state index is 10.1. The van der Waals surface area contributed by atoms with E-state index < -0.39 is 5.60 Å². The van der Waals surface area contributed by atoms with Crippen LogP contribution in [0.4, 0.5) is 0 Å². The van der Waals surface area contributed by atoms with Gasteiger partial charge in [-0.05, 0) is 112 Å². The van der Waals surface area contributed by atoms with Crippen LogP contribution in [0, 0.1) is 29.1 Å². The van der Waals surface area contributed by atoms with Crippen LogP contribution in [0.2, 0.25) is 0 Å². The van der Waals surface area contributed by atoms with Gasteiger partial charge in [-0.25, -0.2) is 0 Å². The molecule has 2 heteroatoms. The number of hydrogen-bond acceptors (Lipinski definition) is 2. The average Bonchev–Trinajstić information content (AvgIpc) is 3.00. The first-order valence-corrected chi connectivity index (χ1v) is 12.7. The molecule has 0 heterocycles. The molecule has 4 aliphatic rings. The van der Waals surface area contributed by atoms with Gasteiger partial charge in [0.25, 0.3) is 0 Å². The number of fused-ring (bicyclic) bond motifs is 4. The molecular weight excluding hydrogens is 368 g/mol. The van der Waals surface area contributed by atoms with Crippen LogP contribution in [0.3, 0.4) is 0 Å². The number of aliphatic hydroxyl groups is 2. The van der Waals surface area contributed by atoms with E-state index in [1.54, 1.807) is 5.57 Å². The van der Waals surface area contributed by atoms with Crippen molar-refractivity contribution >= 4 is 0 Å². The van der Waals surface area contributed by atoms with Gasteiger partial charge in [-0.15, -0.1) is 0 Å². The summed E-state index contributed by atoms with van der Waals surface area (Å²) in [6, 6.07) is 0. The van der Waals surface area contributed by atoms with E-state index in [-0.39, 0.29) is 6.10 Å². The highest BCUT2D eigenvalue weighted by Gasteiger charge is 2.52. The number of hydrogen-bond donors (Lipinski definition) is 2. The van der Waals surface area contributed by atoms with Gasteiger partial charge in [-0.2, -0.15) is 0 Å². The van der Waals surface area contributed by atoms with Gasteiger partial charge in [0.15, 0.2) is 0 Å². The molecule has 0 saturated heterocycles. The zero-order chi connectivity index (χ0) is 21.5. The van der Waals surface area contributed by atoms with Gasteiger partial charge in [-0.3, -0.25) is 0 Å². The standard InChI is InChI=1S/C28H44O2/c1-19(6-5-16-27(2,3)30)25-13-14-26-24-12-10-22-18-23(29)11-9-20(22)7-8-21(24)15-17-28(25,26)4/h7,10,12,19,21,23,25-26,29-30H,5-6,8-9,11,13-18H2,1-4H3/b20-7-,22-10-,24-12+/t19-,21-,23+,25-,26+,28-/m1/s1. The Morgan fingerprint density at radius 3 is 2.70 bits per heavy atom. The normalized spacial score (nSPS) is 42.8. The lowest BCUT2D eigenvalue weighted by molar-refractivity contribution is 0.0567. The summed E-state index contributed by atoms with van der Waals surface area (Å²) < 4.78 is 0. The van der Waals surface area contributed by atoms with Gasteiger partial charge in [-0.1, -0.05) is 50.5 Å². The molecule has 0 radical (unpaired) electrons. The molecule has 4 aliphatic carbocycles. The second kappa shape index (κ2) is 8.58. The molecule has 0 spiro atoms. The van der Waals surface area contributed by atoms with Crippen LogP contribution < -0.4 is 0 Å². The minimum atomic E-state index is -0.532. The van der Waals surface area contributed by atoms with Crippen LogP contribution in [-0.2, 0) is 0 Å². The molecule has 0 bridgehead atoms. The summed E-state index contributed by atoms with van der Waals surface area (Å²) in [4.78, 5) is 0. The van der Waals surface area contributed by atoms with Crippen molar-refractivity contribution in [2.75, 3.05) is 0 Å². The van der Waals surface area contributed by atoms with Crippen LogP contribution in [0.5, 0.6) is 0 Å². The molecule has 0 aromatic heterocycles. The predicted octanol–water partition coefficient (Wildman–Crippen LogP) is 6.73. The first kappa shape index (κ1) is 22.3. The molecule has 6 atom stereocenters. The Labute approximate surface area is 184 Å². The minimum Gasteiger partial charge on any atom is -0.393 e. The Morgan fingerprint density at radius 2 is 1.93 bits per heavy atom. The summed E-state index contributed by atoms with van der Waals surface area (Å²) in [6.07, 6.45) is 20.0. The van der Waals surface area contributed by atoms with E-state index in [1.807, 2.05) is 13.8 Å². The summed E-state index contributed by atoms with van der Waals surface area (Å²) in [7, 11) is 0. The Bertz CT molecular complexity index is 721. The lowest BCUT2D eigenvalue weighted by Gasteiger charge is -2.47. The third-order valence-electron chi connectivity index (χ3n) is 9.19. The van der Waals surface area contributed by atoms with Crippen LogP contribution >= 0.6 is 0 Å². The van der Waals surface area contributed by atoms with Gasteiger partial charge < -0.3 is 10.2 Å². The zero-order valence-corrected chi connectivity index (χ0v) is 19.8. The largest absolute Gasteiger partial charge is 0.393 e. The Hall–Kier alpha value is -0.860. The fraction of sp³-hybridized carbons (Fsp3) is 0.786. The molecule has 0 aliphatic heterocycles. The van der Waals surface area contributed by atoms with Crippen molar-refractivity contribution in [3.63, 3.8) is 0 Å². The van der Waals surface area contributed by atoms with E-state index in [0.717, 1.165) is 55.8 Å². The molecule has 2 N–H and O–H groups in total. The van der Waals surface area contributed by atoms with Crippen LogP contribution in [-0.4, -0.2) is 21.9 Å². The highest BCUT2D eigenvalue weighted by atomic mass is 16.3. The van der Waals surface area contributed by atoms with Crippen LogP contribution in [0.15, 0.2) is 34.9 Å². The van der Waals surface area contributed by atoms with Crippen molar-refractivity contribution in [1.82, 2.24) is 0 Å². The lowest BCUT2D eigenvalue weighted by atomic mass is 9.57. The van der Waals surface area contributed by atoms with Gasteiger partial charge in [0.1, 0.15) is 0 Å². The van der Waals surface area contributed by atoms with E-state index in [1.165, 1.54) is 49.7 Å². The van der Waals surface area contributed by atoms with Gasteiger partial charge in [0.2, 0.25) is 0 Å². The van der Waals surface area contributed by atoms with Crippen LogP contribution in [0.1, 0.15) is 98.3 Å². The van der Waals surface area contributed by atoms with Crippen LogP contribution in [0.25, 0.3) is 0 Å². The fourth-order valence-corrected chi connectivity index (χ4v) is 7.47. The summed E-state index contributed by atoms with van der Waals surface area (Å²) in [5.74, 6) is 3.01. The third kappa shape index (κ3) is 4.51. The molecule has 2 nitrogen and oxygen atoms in total. The smallest absolute Gasteiger partial charge is 0.0591 e. The molecule has 3 saturated carbocycles. The third-order valence-corrected chi connectivity index (χ3v) is 9.19. The molecular formula is C28H44O2. The average molecular weight is 413 g/mol. The van der Waals surface area contributed by atoms with E-state index in [4.69, 9.17) is 0 Å². The lowest BCUT2D eigenvalue weighted by Crippen LogP contribution is -2.39. The zero-order valence-electron chi connectivity index (χ0n) is 19.8. The van der Waals surface area contributed by atoms with Crippen molar-refractivity contribution < 1.29 is 10.2 Å². The minimum absolute atomic E-state index is 0.153. The molecule has 4 rings (SSSR count). The quantitative estimate of drug-likeness (QED) is 0.525. The molecule has 0 aromatic rings. The number of allylic oxidation sites excluding steroid dienone is 5. The Balaban J connectivity index is 1.50. The van der Waals surface area contributed by atoms with Crippen molar-refractivity contribution in [2.45, 2.75) is 110 Å². The first-order chi connectivity index (χ1) is 14.2. The highest BCUT2D eigenvalue weighted by molar-refractivity contribution is 5.40. The van der Waals surface area contributed by atoms with Crippen molar-refractivity contribution in [1.29, 1.82) is 0 Å². The molecule has 0 aromatic carbocycles. The van der Waals surface area contributed by atoms with Crippen molar-refractivity contribution in [3.05, 3.63) is 34.9 Å². The summed E-state index contributed by atoms with van der Waals surface area (Å²) in [6.45, 7) is 8.94. The SMILES string of the molecule is C[C@H](CCCC(C)(C)O)[C@H]1CC[C@H]2/C3=C/C=C4/C[C@@H](O)CC/C4=C/C[C@@H]3CC[C@]12C. The van der Waals surface area contributed by atoms with Crippen molar-refractivity contribution in [3.8, 4) is 0 Å². The Morgan fingerprint density at radius 1 is 1.13 bits per heavy atom. The second-order valence-electron chi connectivity index (χ2n) is 11.9. The molecule has 30 heavy (non-hydrogen) atoms. The molecule has 0 unspecified atom stereocenters. The summed E-state index contributed by atoms with van der Waals surface area (Å²) >= 11 is 0. The van der Waals surface area contributed by atoms with E-state index in [0.29, 0.717) is 5.41 Å². The topological polar surface area (TPSA) is 40.5 Å². The predicted molar refractivity (Wildman–Crippen MR) is 125 cm³/mol. The molecule has 0 amide bonds. The summed E-state index contributed by atoms with van der Waals surface area (Å²) in [5, 5.41) is 20.2. The van der Waals surface area contributed by atoms with E-state index >= 15 is 0 Å². The van der Waals surface area contributed by atoms with E-state index in [9.17, 15) is 10.2 Å². The van der Waals surface area contributed by atoms with Crippen molar-refractivity contribution in [2.24, 2.45) is 29.1 Å². The highest BCUT2D eigenvalue weighted by Crippen LogP contribution is 2.61. The van der Waals surface area contributed by atoms with Gasteiger partial charge in [0, 0.05) is 0 Å². The van der Waals surface area contributed by atoms with E-state index in [2.05, 4.69) is 32.1 Å². The molecule has 3 fully saturated rings. The monoisotopic (exact) mass is 412 g/mol. The number of aliphatic hydroxyl groups excluding tert-OH is 1. The fourth-order valence-electron chi connectivity index (χ4n) is 7.47. The van der Waals surface area contributed by atoms with Gasteiger partial charge >= 0.3 is 0 Å². The Kier molecular flexibility index (Phi) is 6.39.